The van der Waals surface area contributed by atoms with Crippen LogP contribution in [0.5, 0.6) is 0 Å². The fraction of sp³-hybridized carbons (Fsp3) is 0.441. The summed E-state index contributed by atoms with van der Waals surface area (Å²) >= 11 is 0. The van der Waals surface area contributed by atoms with Crippen LogP contribution >= 0.6 is 0 Å². The third kappa shape index (κ3) is 3.28. The van der Waals surface area contributed by atoms with Crippen LogP contribution in [0.4, 0.5) is 0 Å². The van der Waals surface area contributed by atoms with Crippen molar-refractivity contribution >= 4 is 17.3 Å². The van der Waals surface area contributed by atoms with Crippen molar-refractivity contribution in [2.24, 2.45) is 16.2 Å². The van der Waals surface area contributed by atoms with Crippen molar-refractivity contribution in [2.75, 3.05) is 0 Å². The van der Waals surface area contributed by atoms with Crippen molar-refractivity contribution in [3.05, 3.63) is 80.4 Å². The van der Waals surface area contributed by atoms with Gasteiger partial charge in [-0.05, 0) is 101 Å². The second kappa shape index (κ2) is 7.96. The molecule has 0 fully saturated rings. The van der Waals surface area contributed by atoms with E-state index in [9.17, 15) is 14.4 Å². The second-order valence-electron chi connectivity index (χ2n) is 12.7. The van der Waals surface area contributed by atoms with Crippen LogP contribution in [0.2, 0.25) is 0 Å². The van der Waals surface area contributed by atoms with Crippen molar-refractivity contribution in [1.82, 2.24) is 0 Å². The van der Waals surface area contributed by atoms with Gasteiger partial charge in [0.05, 0.1) is 11.0 Å². The summed E-state index contributed by atoms with van der Waals surface area (Å²) in [5, 5.41) is 0. The maximum absolute atomic E-state index is 14.5. The standard InChI is InChI=1S/C34H38O3/c1-18-10-12-24(20(3)14-18)25-13-11-19(2)28-26(25)16-32(7)17-33(8)15-21(4)27(23(6)35)31(37)34(33,9)22(5)29(32)30(28)36/h10-14H,15-17H2,1-9H3. The zero-order valence-electron chi connectivity index (χ0n) is 23.7. The summed E-state index contributed by atoms with van der Waals surface area (Å²) in [6.07, 6.45) is 2.17. The van der Waals surface area contributed by atoms with E-state index in [1.807, 2.05) is 27.7 Å². The molecular weight excluding hydrogens is 456 g/mol. The molecule has 0 heterocycles. The number of Topliss-reactive ketones (excluding diaryl/α,β-unsaturated/α-hetero) is 3. The van der Waals surface area contributed by atoms with Gasteiger partial charge in [-0.1, -0.05) is 60.9 Å². The Hall–Kier alpha value is -3.07. The Kier molecular flexibility index (Phi) is 5.50. The number of fused-ring (bicyclic) bond motifs is 3. The first-order chi connectivity index (χ1) is 17.2. The lowest BCUT2D eigenvalue weighted by Crippen LogP contribution is -2.57. The number of hydrogen-bond donors (Lipinski definition) is 0. The third-order valence-electron chi connectivity index (χ3n) is 10.0. The molecule has 2 aromatic rings. The summed E-state index contributed by atoms with van der Waals surface area (Å²) in [6, 6.07) is 10.7. The topological polar surface area (TPSA) is 51.2 Å². The maximum Gasteiger partial charge on any atom is 0.190 e. The number of aryl methyl sites for hydroxylation is 3. The van der Waals surface area contributed by atoms with E-state index in [0.29, 0.717) is 12.0 Å². The third-order valence-corrected chi connectivity index (χ3v) is 10.0. The molecule has 0 bridgehead atoms. The van der Waals surface area contributed by atoms with Crippen LogP contribution in [0.1, 0.15) is 87.0 Å². The van der Waals surface area contributed by atoms with Gasteiger partial charge in [0.25, 0.3) is 0 Å². The number of carbonyl (C=O) groups excluding carboxylic acids is 3. The van der Waals surface area contributed by atoms with E-state index in [0.717, 1.165) is 51.8 Å². The molecule has 0 radical (unpaired) electrons. The highest BCUT2D eigenvalue weighted by Gasteiger charge is 2.63. The Balaban J connectivity index is 1.78. The number of benzene rings is 2. The van der Waals surface area contributed by atoms with E-state index in [4.69, 9.17) is 0 Å². The van der Waals surface area contributed by atoms with Crippen molar-refractivity contribution in [2.45, 2.75) is 81.6 Å². The van der Waals surface area contributed by atoms with Gasteiger partial charge >= 0.3 is 0 Å². The van der Waals surface area contributed by atoms with E-state index in [1.165, 1.54) is 23.6 Å². The first-order valence-corrected chi connectivity index (χ1v) is 13.4. The first-order valence-electron chi connectivity index (χ1n) is 13.4. The number of hydrogen-bond acceptors (Lipinski definition) is 3. The fourth-order valence-corrected chi connectivity index (χ4v) is 8.29. The highest BCUT2D eigenvalue weighted by atomic mass is 16.2. The summed E-state index contributed by atoms with van der Waals surface area (Å²) in [5.74, 6) is -0.235. The SMILES string of the molecule is CC(=O)C1=C(C)CC2(C)CC3(C)Cc4c(-c5ccc(C)cc5C)ccc(C)c4C(=O)C3=C(C)C2(C)C1=O. The summed E-state index contributed by atoms with van der Waals surface area (Å²) in [6.45, 7) is 18.0. The normalized spacial score (nSPS) is 29.2. The molecule has 3 nitrogen and oxygen atoms in total. The highest BCUT2D eigenvalue weighted by molar-refractivity contribution is 6.24. The average molecular weight is 495 g/mol. The molecule has 5 rings (SSSR count). The van der Waals surface area contributed by atoms with E-state index < -0.39 is 10.8 Å². The smallest absolute Gasteiger partial charge is 0.190 e. The van der Waals surface area contributed by atoms with Crippen molar-refractivity contribution in [3.8, 4) is 11.1 Å². The molecule has 3 aliphatic rings. The molecule has 192 valence electrons. The predicted molar refractivity (Wildman–Crippen MR) is 149 cm³/mol. The summed E-state index contributed by atoms with van der Waals surface area (Å²) < 4.78 is 0. The van der Waals surface area contributed by atoms with Gasteiger partial charge in [0.15, 0.2) is 17.3 Å². The van der Waals surface area contributed by atoms with E-state index in [-0.39, 0.29) is 22.8 Å². The van der Waals surface area contributed by atoms with Crippen molar-refractivity contribution < 1.29 is 14.4 Å². The second-order valence-corrected chi connectivity index (χ2v) is 12.7. The molecule has 37 heavy (non-hydrogen) atoms. The molecule has 3 heteroatoms. The van der Waals surface area contributed by atoms with Crippen molar-refractivity contribution in [3.63, 3.8) is 0 Å². The number of allylic oxidation sites excluding steroid dienone is 4. The van der Waals surface area contributed by atoms with E-state index >= 15 is 0 Å². The molecule has 3 unspecified atom stereocenters. The van der Waals surface area contributed by atoms with Crippen LogP contribution in [-0.4, -0.2) is 17.3 Å². The lowest BCUT2D eigenvalue weighted by Gasteiger charge is -2.59. The molecule has 0 saturated heterocycles. The Morgan fingerprint density at radius 1 is 0.838 bits per heavy atom. The number of ketones is 3. The summed E-state index contributed by atoms with van der Waals surface area (Å²) in [5.41, 5.74) is 8.84. The Morgan fingerprint density at radius 2 is 1.49 bits per heavy atom. The zero-order chi connectivity index (χ0) is 27.2. The van der Waals surface area contributed by atoms with Crippen LogP contribution in [0.15, 0.2) is 52.6 Å². The van der Waals surface area contributed by atoms with Gasteiger partial charge in [-0.25, -0.2) is 0 Å². The Labute approximate surface area is 221 Å². The monoisotopic (exact) mass is 494 g/mol. The van der Waals surface area contributed by atoms with Crippen LogP contribution in [0, 0.1) is 37.0 Å². The Bertz CT molecular complexity index is 1500. The average Bonchev–Trinajstić information content (AvgIpc) is 2.76. The Morgan fingerprint density at radius 3 is 2.11 bits per heavy atom. The number of carbonyl (C=O) groups is 3. The molecular formula is C34H38O3. The van der Waals surface area contributed by atoms with Gasteiger partial charge in [-0.15, -0.1) is 0 Å². The van der Waals surface area contributed by atoms with Crippen LogP contribution in [0.25, 0.3) is 11.1 Å². The molecule has 0 spiro atoms. The quantitative estimate of drug-likeness (QED) is 0.403. The predicted octanol–water partition coefficient (Wildman–Crippen LogP) is 7.64. The van der Waals surface area contributed by atoms with Gasteiger partial charge < -0.3 is 0 Å². The molecule has 0 amide bonds. The van der Waals surface area contributed by atoms with Crippen LogP contribution in [0.3, 0.4) is 0 Å². The van der Waals surface area contributed by atoms with Gasteiger partial charge in [0.2, 0.25) is 0 Å². The van der Waals surface area contributed by atoms with Gasteiger partial charge in [0, 0.05) is 16.6 Å². The largest absolute Gasteiger partial charge is 0.294 e. The molecule has 0 aromatic heterocycles. The van der Waals surface area contributed by atoms with Crippen LogP contribution < -0.4 is 0 Å². The molecule has 3 atom stereocenters. The molecule has 0 N–H and O–H groups in total. The number of rotatable bonds is 2. The summed E-state index contributed by atoms with van der Waals surface area (Å²) in [7, 11) is 0. The fourth-order valence-electron chi connectivity index (χ4n) is 8.29. The maximum atomic E-state index is 14.5. The zero-order valence-corrected chi connectivity index (χ0v) is 23.7. The van der Waals surface area contributed by atoms with Gasteiger partial charge in [-0.3, -0.25) is 14.4 Å². The summed E-state index contributed by atoms with van der Waals surface area (Å²) in [4.78, 5) is 41.0. The van der Waals surface area contributed by atoms with E-state index in [2.05, 4.69) is 58.0 Å². The van der Waals surface area contributed by atoms with Crippen molar-refractivity contribution in [1.29, 1.82) is 0 Å². The minimum atomic E-state index is -0.880. The minimum absolute atomic E-state index is 0.0529. The molecule has 3 aliphatic carbocycles. The lowest BCUT2D eigenvalue weighted by molar-refractivity contribution is -0.134. The van der Waals surface area contributed by atoms with Gasteiger partial charge in [0.1, 0.15) is 0 Å². The van der Waals surface area contributed by atoms with E-state index in [1.54, 1.807) is 0 Å². The lowest BCUT2D eigenvalue weighted by atomic mass is 9.42. The van der Waals surface area contributed by atoms with Crippen LogP contribution in [-0.2, 0) is 16.0 Å². The first kappa shape index (κ1) is 25.6. The highest BCUT2D eigenvalue weighted by Crippen LogP contribution is 2.66. The molecule has 0 saturated carbocycles. The molecule has 0 aliphatic heterocycles. The van der Waals surface area contributed by atoms with Gasteiger partial charge in [-0.2, -0.15) is 0 Å². The minimum Gasteiger partial charge on any atom is -0.294 e. The molecule has 2 aromatic carbocycles.